The van der Waals surface area contributed by atoms with Gasteiger partial charge in [0.25, 0.3) is 0 Å². The smallest absolute Gasteiger partial charge is 0.242 e. The van der Waals surface area contributed by atoms with E-state index in [2.05, 4.69) is 5.32 Å². The number of rotatable bonds is 7. The molecule has 6 nitrogen and oxygen atoms in total. The number of nitrogens with one attached hydrogen (secondary N) is 1. The first-order valence-electron chi connectivity index (χ1n) is 11.2. The van der Waals surface area contributed by atoms with Crippen LogP contribution < -0.4 is 10.1 Å². The Balaban J connectivity index is 1.43. The maximum atomic E-state index is 13.0. The van der Waals surface area contributed by atoms with Gasteiger partial charge in [0.05, 0.1) is 5.69 Å². The van der Waals surface area contributed by atoms with Crippen LogP contribution in [0.5, 0.6) is 11.5 Å². The molecule has 0 spiro atoms. The van der Waals surface area contributed by atoms with Gasteiger partial charge in [0, 0.05) is 24.7 Å². The summed E-state index contributed by atoms with van der Waals surface area (Å²) in [6.07, 6.45) is 0.0651. The molecule has 1 fully saturated rings. The number of ether oxygens (including phenoxy) is 1. The maximum absolute atomic E-state index is 13.0. The van der Waals surface area contributed by atoms with Crippen molar-refractivity contribution in [3.8, 4) is 11.5 Å². The molecular weight excluding hydrogens is 446 g/mol. The van der Waals surface area contributed by atoms with Gasteiger partial charge in [-0.25, -0.2) is 4.99 Å². The third-order valence-electron chi connectivity index (χ3n) is 5.38. The largest absolute Gasteiger partial charge is 0.457 e. The average Bonchev–Trinajstić information content (AvgIpc) is 3.10. The monoisotopic (exact) mass is 473 g/mol. The van der Waals surface area contributed by atoms with E-state index in [4.69, 9.17) is 9.73 Å². The molecule has 1 heterocycles. The summed E-state index contributed by atoms with van der Waals surface area (Å²) in [4.78, 5) is 32.1. The van der Waals surface area contributed by atoms with Crippen molar-refractivity contribution in [1.29, 1.82) is 0 Å². The molecule has 4 rings (SSSR count). The van der Waals surface area contributed by atoms with Crippen LogP contribution in [0.15, 0.2) is 77.8 Å². The lowest BCUT2D eigenvalue weighted by Crippen LogP contribution is -2.33. The Morgan fingerprint density at radius 2 is 1.79 bits per heavy atom. The fourth-order valence-corrected chi connectivity index (χ4v) is 4.82. The van der Waals surface area contributed by atoms with Crippen molar-refractivity contribution in [1.82, 2.24) is 4.90 Å². The molecule has 3 aromatic rings. The number of amides is 2. The Bertz CT molecular complexity index is 1230. The number of hydrogen-bond donors (Lipinski definition) is 1. The van der Waals surface area contributed by atoms with Gasteiger partial charge in [0.1, 0.15) is 16.7 Å². The third kappa shape index (κ3) is 5.66. The van der Waals surface area contributed by atoms with Gasteiger partial charge in [-0.1, -0.05) is 48.2 Å². The molecule has 174 valence electrons. The lowest BCUT2D eigenvalue weighted by molar-refractivity contribution is -0.128. The zero-order valence-electron chi connectivity index (χ0n) is 19.4. The molecule has 1 saturated heterocycles. The lowest BCUT2D eigenvalue weighted by Gasteiger charge is -2.14. The number of hydrogen-bond acceptors (Lipinski definition) is 5. The Kier molecular flexibility index (Phi) is 7.33. The molecule has 1 atom stereocenters. The van der Waals surface area contributed by atoms with Crippen LogP contribution in [0.1, 0.15) is 24.5 Å². The van der Waals surface area contributed by atoms with Gasteiger partial charge in [0.15, 0.2) is 5.17 Å². The van der Waals surface area contributed by atoms with Crippen LogP contribution in [0, 0.1) is 13.8 Å². The Morgan fingerprint density at radius 3 is 2.56 bits per heavy atom. The van der Waals surface area contributed by atoms with Crippen LogP contribution in [0.3, 0.4) is 0 Å². The number of carbonyl (C=O) groups is 2. The highest BCUT2D eigenvalue weighted by molar-refractivity contribution is 8.15. The number of para-hydroxylation sites is 1. The highest BCUT2D eigenvalue weighted by Gasteiger charge is 2.38. The first kappa shape index (κ1) is 23.6. The van der Waals surface area contributed by atoms with Gasteiger partial charge < -0.3 is 10.1 Å². The number of aryl methyl sites for hydroxylation is 2. The molecule has 2 amide bonds. The molecule has 1 unspecified atom stereocenters. The molecule has 1 aliphatic heterocycles. The summed E-state index contributed by atoms with van der Waals surface area (Å²) in [6.45, 7) is 6.43. The SMILES string of the molecule is CCN1C(=O)C(CC(=O)Nc2cccc(Oc3ccccc3)c2)SC1=Nc1cc(C)ccc1C. The summed E-state index contributed by atoms with van der Waals surface area (Å²) in [6, 6.07) is 22.7. The Hall–Kier alpha value is -3.58. The van der Waals surface area contributed by atoms with Crippen molar-refractivity contribution in [3.05, 3.63) is 83.9 Å². The molecule has 0 aliphatic carbocycles. The highest BCUT2D eigenvalue weighted by Crippen LogP contribution is 2.33. The molecular formula is C27H27N3O3S. The van der Waals surface area contributed by atoms with E-state index in [0.717, 1.165) is 16.8 Å². The van der Waals surface area contributed by atoms with Crippen LogP contribution >= 0.6 is 11.8 Å². The first-order chi connectivity index (χ1) is 16.4. The van der Waals surface area contributed by atoms with E-state index in [9.17, 15) is 9.59 Å². The number of thioether (sulfide) groups is 1. The van der Waals surface area contributed by atoms with Crippen molar-refractivity contribution in [3.63, 3.8) is 0 Å². The van der Waals surface area contributed by atoms with Crippen molar-refractivity contribution in [2.75, 3.05) is 11.9 Å². The average molecular weight is 474 g/mol. The van der Waals surface area contributed by atoms with Crippen molar-refractivity contribution in [2.24, 2.45) is 4.99 Å². The second-order valence-corrected chi connectivity index (χ2v) is 9.24. The minimum absolute atomic E-state index is 0.0651. The molecule has 1 aliphatic rings. The van der Waals surface area contributed by atoms with Crippen LogP contribution in [-0.4, -0.2) is 33.7 Å². The topological polar surface area (TPSA) is 71.0 Å². The van der Waals surface area contributed by atoms with Crippen LogP contribution in [0.25, 0.3) is 0 Å². The van der Waals surface area contributed by atoms with Gasteiger partial charge in [-0.05, 0) is 62.2 Å². The predicted octanol–water partition coefficient (Wildman–Crippen LogP) is 6.08. The minimum Gasteiger partial charge on any atom is -0.457 e. The van der Waals surface area contributed by atoms with Crippen LogP contribution in [0.2, 0.25) is 0 Å². The van der Waals surface area contributed by atoms with E-state index < -0.39 is 5.25 Å². The van der Waals surface area contributed by atoms with Gasteiger partial charge >= 0.3 is 0 Å². The fraction of sp³-hybridized carbons (Fsp3) is 0.222. The maximum Gasteiger partial charge on any atom is 0.242 e. The number of benzene rings is 3. The van der Waals surface area contributed by atoms with Gasteiger partial charge in [0.2, 0.25) is 11.8 Å². The van der Waals surface area contributed by atoms with Crippen molar-refractivity contribution < 1.29 is 14.3 Å². The van der Waals surface area contributed by atoms with E-state index in [0.29, 0.717) is 28.9 Å². The van der Waals surface area contributed by atoms with Crippen molar-refractivity contribution >= 4 is 40.1 Å². The summed E-state index contributed by atoms with van der Waals surface area (Å²) in [5, 5.41) is 3.02. The molecule has 0 saturated carbocycles. The molecule has 0 aromatic heterocycles. The summed E-state index contributed by atoms with van der Waals surface area (Å²) in [5.41, 5.74) is 3.61. The van der Waals surface area contributed by atoms with E-state index >= 15 is 0 Å². The summed E-state index contributed by atoms with van der Waals surface area (Å²) in [5.74, 6) is 1.02. The number of aliphatic imine (C=N–C) groups is 1. The predicted molar refractivity (Wildman–Crippen MR) is 138 cm³/mol. The van der Waals surface area contributed by atoms with Crippen LogP contribution in [-0.2, 0) is 9.59 Å². The number of anilines is 1. The third-order valence-corrected chi connectivity index (χ3v) is 6.56. The van der Waals surface area contributed by atoms with E-state index in [-0.39, 0.29) is 18.2 Å². The molecule has 0 radical (unpaired) electrons. The van der Waals surface area contributed by atoms with Crippen molar-refractivity contribution in [2.45, 2.75) is 32.4 Å². The summed E-state index contributed by atoms with van der Waals surface area (Å²) in [7, 11) is 0. The standard InChI is InChI=1S/C27H27N3O3S/c1-4-30-26(32)24(34-27(30)29-23-15-18(2)13-14-19(23)3)17-25(31)28-20-9-8-12-22(16-20)33-21-10-6-5-7-11-21/h5-16,24H,4,17H2,1-3H3,(H,28,31). The first-order valence-corrected chi connectivity index (χ1v) is 12.1. The normalized spacial score (nSPS) is 16.7. The fourth-order valence-electron chi connectivity index (χ4n) is 3.60. The van der Waals surface area contributed by atoms with Gasteiger partial charge in [-0.15, -0.1) is 0 Å². The summed E-state index contributed by atoms with van der Waals surface area (Å²) < 4.78 is 5.84. The van der Waals surface area contributed by atoms with E-state index in [1.165, 1.54) is 11.8 Å². The molecule has 0 bridgehead atoms. The number of amidine groups is 1. The van der Waals surface area contributed by atoms with Crippen LogP contribution in [0.4, 0.5) is 11.4 Å². The molecule has 1 N–H and O–H groups in total. The zero-order chi connectivity index (χ0) is 24.1. The summed E-state index contributed by atoms with van der Waals surface area (Å²) >= 11 is 1.35. The second-order valence-electron chi connectivity index (χ2n) is 8.07. The van der Waals surface area contributed by atoms with E-state index in [1.54, 1.807) is 17.0 Å². The quantitative estimate of drug-likeness (QED) is 0.452. The minimum atomic E-state index is -0.507. The van der Waals surface area contributed by atoms with Gasteiger partial charge in [-0.3, -0.25) is 14.5 Å². The zero-order valence-corrected chi connectivity index (χ0v) is 20.3. The lowest BCUT2D eigenvalue weighted by atomic mass is 10.1. The molecule has 3 aromatic carbocycles. The second kappa shape index (κ2) is 10.6. The molecule has 7 heteroatoms. The Labute approximate surface area is 204 Å². The number of nitrogens with zero attached hydrogens (tertiary/aromatic N) is 2. The number of carbonyl (C=O) groups excluding carboxylic acids is 2. The van der Waals surface area contributed by atoms with E-state index in [1.807, 2.05) is 81.4 Å². The van der Waals surface area contributed by atoms with Gasteiger partial charge in [-0.2, -0.15) is 0 Å². The molecule has 34 heavy (non-hydrogen) atoms. The Morgan fingerprint density at radius 1 is 1.03 bits per heavy atom. The highest BCUT2D eigenvalue weighted by atomic mass is 32.2.